The average Bonchev–Trinajstić information content (AvgIpc) is 3.22. The summed E-state index contributed by atoms with van der Waals surface area (Å²) in [4.78, 5) is 34.6. The van der Waals surface area contributed by atoms with Gasteiger partial charge in [0.25, 0.3) is 0 Å². The summed E-state index contributed by atoms with van der Waals surface area (Å²) in [5.41, 5.74) is 0. The number of hydrogen-bond donors (Lipinski definition) is 3. The third-order valence-corrected chi connectivity index (χ3v) is 11.6. The Morgan fingerprint density at radius 2 is 0.695 bits per heavy atom. The molecule has 0 heterocycles. The molecule has 3 N–H and O–H groups in total. The van der Waals surface area contributed by atoms with Crippen LogP contribution in [0.4, 0.5) is 0 Å². The molecule has 0 aliphatic carbocycles. The number of phosphoric acid groups is 1. The van der Waals surface area contributed by atoms with Crippen molar-refractivity contribution in [2.24, 2.45) is 0 Å². The first-order chi connectivity index (χ1) is 28.8. The van der Waals surface area contributed by atoms with Crippen LogP contribution in [0.3, 0.4) is 0 Å². The number of carbonyl (C=O) groups excluding carboxylic acids is 2. The first-order valence-corrected chi connectivity index (χ1v) is 25.8. The molecule has 0 rings (SSSR count). The smallest absolute Gasteiger partial charge is 0.457 e. The largest absolute Gasteiger partial charge is 0.472 e. The molecule has 0 saturated heterocycles. The number of rotatable bonds is 46. The lowest BCUT2D eigenvalue weighted by Gasteiger charge is -2.20. The van der Waals surface area contributed by atoms with Crippen LogP contribution in [0.5, 0.6) is 0 Å². The van der Waals surface area contributed by atoms with E-state index >= 15 is 0 Å². The van der Waals surface area contributed by atoms with Gasteiger partial charge in [0.15, 0.2) is 0 Å². The Balaban J connectivity index is 3.82. The van der Waals surface area contributed by atoms with E-state index in [0.717, 1.165) is 57.8 Å². The van der Waals surface area contributed by atoms with Crippen LogP contribution in [0, 0.1) is 0 Å². The number of aliphatic hydroxyl groups excluding tert-OH is 2. The predicted molar refractivity (Wildman–Crippen MR) is 242 cm³/mol. The van der Waals surface area contributed by atoms with Gasteiger partial charge in [-0.3, -0.25) is 18.6 Å². The number of ether oxygens (including phenoxy) is 2. The van der Waals surface area contributed by atoms with Crippen molar-refractivity contribution in [1.29, 1.82) is 0 Å². The SMILES string of the molecule is CCCCCC/C=C\CCCCCCCC(=O)OC(CO)COP(=O)(O)OCC(CO)OC(=O)CCCCCCCCCCCCC/C=C\CCCCCCCCCC. The molecular formula is C48H91O10P. The molecule has 0 amide bonds. The molecule has 3 unspecified atom stereocenters. The van der Waals surface area contributed by atoms with Gasteiger partial charge in [-0.2, -0.15) is 0 Å². The molecule has 348 valence electrons. The van der Waals surface area contributed by atoms with Crippen molar-refractivity contribution in [3.8, 4) is 0 Å². The van der Waals surface area contributed by atoms with Crippen LogP contribution < -0.4 is 0 Å². The van der Waals surface area contributed by atoms with Crippen LogP contribution in [0.15, 0.2) is 24.3 Å². The van der Waals surface area contributed by atoms with Crippen molar-refractivity contribution in [3.05, 3.63) is 24.3 Å². The van der Waals surface area contributed by atoms with Gasteiger partial charge in [-0.1, -0.05) is 179 Å². The monoisotopic (exact) mass is 859 g/mol. The van der Waals surface area contributed by atoms with E-state index in [9.17, 15) is 29.3 Å². The number of carbonyl (C=O) groups is 2. The highest BCUT2D eigenvalue weighted by Crippen LogP contribution is 2.43. The summed E-state index contributed by atoms with van der Waals surface area (Å²) in [5.74, 6) is -1.02. The second kappa shape index (κ2) is 44.5. The first kappa shape index (κ1) is 57.4. The first-order valence-electron chi connectivity index (χ1n) is 24.3. The summed E-state index contributed by atoms with van der Waals surface area (Å²) in [7, 11) is -4.64. The minimum Gasteiger partial charge on any atom is -0.457 e. The minimum atomic E-state index is -4.64. The van der Waals surface area contributed by atoms with E-state index in [1.807, 2.05) is 0 Å². The van der Waals surface area contributed by atoms with Gasteiger partial charge in [0.2, 0.25) is 0 Å². The van der Waals surface area contributed by atoms with Gasteiger partial charge in [-0.05, 0) is 64.2 Å². The average molecular weight is 859 g/mol. The van der Waals surface area contributed by atoms with Crippen LogP contribution >= 0.6 is 7.82 Å². The van der Waals surface area contributed by atoms with E-state index in [1.165, 1.54) is 135 Å². The van der Waals surface area contributed by atoms with E-state index in [-0.39, 0.29) is 12.8 Å². The molecule has 0 bridgehead atoms. The van der Waals surface area contributed by atoms with Gasteiger partial charge in [-0.15, -0.1) is 0 Å². The molecule has 0 aliphatic rings. The van der Waals surface area contributed by atoms with Gasteiger partial charge in [0, 0.05) is 12.8 Å². The van der Waals surface area contributed by atoms with E-state index < -0.39 is 58.4 Å². The van der Waals surface area contributed by atoms with Crippen molar-refractivity contribution in [2.45, 2.75) is 244 Å². The molecule has 0 saturated carbocycles. The van der Waals surface area contributed by atoms with E-state index in [1.54, 1.807) is 0 Å². The predicted octanol–water partition coefficient (Wildman–Crippen LogP) is 13.3. The number of aliphatic hydroxyl groups is 2. The third kappa shape index (κ3) is 42.9. The van der Waals surface area contributed by atoms with Crippen LogP contribution in [-0.4, -0.2) is 65.7 Å². The van der Waals surface area contributed by atoms with Gasteiger partial charge in [0.05, 0.1) is 26.4 Å². The van der Waals surface area contributed by atoms with Gasteiger partial charge < -0.3 is 24.6 Å². The molecule has 0 fully saturated rings. The maximum absolute atomic E-state index is 12.4. The lowest BCUT2D eigenvalue weighted by molar-refractivity contribution is -0.153. The topological polar surface area (TPSA) is 149 Å². The van der Waals surface area contributed by atoms with Gasteiger partial charge in [0.1, 0.15) is 12.2 Å². The summed E-state index contributed by atoms with van der Waals surface area (Å²) >= 11 is 0. The zero-order chi connectivity index (χ0) is 43.3. The Kier molecular flexibility index (Phi) is 43.3. The maximum atomic E-state index is 12.4. The second-order valence-corrected chi connectivity index (χ2v) is 17.9. The number of allylic oxidation sites excluding steroid dienone is 4. The van der Waals surface area contributed by atoms with Crippen molar-refractivity contribution in [2.75, 3.05) is 26.4 Å². The Morgan fingerprint density at radius 3 is 0.983 bits per heavy atom. The number of phosphoric ester groups is 1. The number of esters is 2. The highest BCUT2D eigenvalue weighted by Gasteiger charge is 2.27. The Bertz CT molecular complexity index is 1040. The quantitative estimate of drug-likeness (QED) is 0.0234. The Hall–Kier alpha value is -1.55. The Morgan fingerprint density at radius 1 is 0.441 bits per heavy atom. The second-order valence-electron chi connectivity index (χ2n) is 16.4. The van der Waals surface area contributed by atoms with E-state index in [0.29, 0.717) is 12.8 Å². The van der Waals surface area contributed by atoms with Crippen LogP contribution in [-0.2, 0) is 32.7 Å². The maximum Gasteiger partial charge on any atom is 0.472 e. The molecule has 0 spiro atoms. The number of hydrogen-bond acceptors (Lipinski definition) is 9. The lowest BCUT2D eigenvalue weighted by Crippen LogP contribution is -2.28. The van der Waals surface area contributed by atoms with Crippen molar-refractivity contribution >= 4 is 19.8 Å². The fourth-order valence-corrected chi connectivity index (χ4v) is 7.65. The minimum absolute atomic E-state index is 0.184. The Labute approximate surface area is 361 Å². The van der Waals surface area contributed by atoms with Crippen molar-refractivity contribution in [3.63, 3.8) is 0 Å². The third-order valence-electron chi connectivity index (χ3n) is 10.6. The normalized spacial score (nSPS) is 13.9. The standard InChI is InChI=1S/C48H91O10P/c1-3-5-7-9-11-13-15-17-18-19-20-21-22-23-24-25-26-28-30-32-34-36-38-40-48(52)58-46(42-50)44-56-59(53,54)55-43-45(41-49)57-47(51)39-37-35-33-31-29-27-16-14-12-10-8-6-4-2/h14,16,19-20,45-46,49-50H,3-13,15,17-18,21-44H2,1-2H3,(H,53,54)/b16-14-,20-19-. The fraction of sp³-hybridized carbons (Fsp3) is 0.875. The van der Waals surface area contributed by atoms with Crippen molar-refractivity contribution in [1.82, 2.24) is 0 Å². The molecule has 0 aromatic carbocycles. The summed E-state index contributed by atoms with van der Waals surface area (Å²) in [6.07, 6.45) is 45.9. The zero-order valence-corrected chi connectivity index (χ0v) is 38.9. The van der Waals surface area contributed by atoms with E-state index in [4.69, 9.17) is 18.5 Å². The summed E-state index contributed by atoms with van der Waals surface area (Å²) in [6.45, 7) is 2.21. The molecule has 11 heteroatoms. The molecule has 0 aromatic heterocycles. The summed E-state index contributed by atoms with van der Waals surface area (Å²) in [5, 5.41) is 19.2. The molecule has 0 radical (unpaired) electrons. The molecule has 10 nitrogen and oxygen atoms in total. The van der Waals surface area contributed by atoms with Crippen LogP contribution in [0.25, 0.3) is 0 Å². The zero-order valence-electron chi connectivity index (χ0n) is 38.0. The summed E-state index contributed by atoms with van der Waals surface area (Å²) in [6, 6.07) is 0. The molecule has 3 atom stereocenters. The highest BCUT2D eigenvalue weighted by molar-refractivity contribution is 7.47. The number of unbranched alkanes of at least 4 members (excludes halogenated alkanes) is 28. The van der Waals surface area contributed by atoms with Gasteiger partial charge in [-0.25, -0.2) is 4.57 Å². The molecule has 59 heavy (non-hydrogen) atoms. The fourth-order valence-electron chi connectivity index (χ4n) is 6.87. The molecular weight excluding hydrogens is 767 g/mol. The van der Waals surface area contributed by atoms with Crippen LogP contribution in [0.1, 0.15) is 232 Å². The lowest BCUT2D eigenvalue weighted by atomic mass is 10.0. The molecule has 0 aromatic rings. The van der Waals surface area contributed by atoms with Crippen molar-refractivity contribution < 1.29 is 47.8 Å². The van der Waals surface area contributed by atoms with Gasteiger partial charge >= 0.3 is 19.8 Å². The van der Waals surface area contributed by atoms with Crippen LogP contribution in [0.2, 0.25) is 0 Å². The van der Waals surface area contributed by atoms with E-state index in [2.05, 4.69) is 38.2 Å². The highest BCUT2D eigenvalue weighted by atomic mass is 31.2. The summed E-state index contributed by atoms with van der Waals surface area (Å²) < 4.78 is 32.6. The molecule has 0 aliphatic heterocycles.